The molecular formula is C27H26O6S3. The lowest BCUT2D eigenvalue weighted by molar-refractivity contribution is 0.562. The first-order valence-corrected chi connectivity index (χ1v) is 16.9. The molecule has 0 saturated heterocycles. The van der Waals surface area contributed by atoms with Gasteiger partial charge in [0.2, 0.25) is 0 Å². The lowest BCUT2D eigenvalue weighted by atomic mass is 9.91. The van der Waals surface area contributed by atoms with E-state index in [2.05, 4.69) is 0 Å². The predicted octanol–water partition coefficient (Wildman–Crippen LogP) is 3.98. The summed E-state index contributed by atoms with van der Waals surface area (Å²) in [5, 5.41) is -0.801. The van der Waals surface area contributed by atoms with Crippen molar-refractivity contribution in [3.05, 3.63) is 88.5 Å². The smallest absolute Gasteiger partial charge is 0.185 e. The van der Waals surface area contributed by atoms with E-state index in [-0.39, 0.29) is 27.2 Å². The van der Waals surface area contributed by atoms with Crippen LogP contribution in [0.5, 0.6) is 0 Å². The molecule has 0 fully saturated rings. The Labute approximate surface area is 212 Å². The number of benzene rings is 3. The second-order valence-electron chi connectivity index (χ2n) is 10.0. The van der Waals surface area contributed by atoms with Crippen LogP contribution < -0.4 is 0 Å². The molecule has 0 amide bonds. The quantitative estimate of drug-likeness (QED) is 0.485. The van der Waals surface area contributed by atoms with Crippen LogP contribution in [0, 0.1) is 0 Å². The highest BCUT2D eigenvalue weighted by Crippen LogP contribution is 2.42. The van der Waals surface area contributed by atoms with Crippen LogP contribution in [-0.4, -0.2) is 36.8 Å². The normalized spacial score (nSPS) is 25.2. The van der Waals surface area contributed by atoms with Crippen LogP contribution in [0.15, 0.2) is 75.4 Å². The van der Waals surface area contributed by atoms with Gasteiger partial charge in [0.15, 0.2) is 29.5 Å². The molecule has 3 aliphatic heterocycles. The first-order valence-electron chi connectivity index (χ1n) is 12.1. The van der Waals surface area contributed by atoms with Crippen LogP contribution >= 0.6 is 0 Å². The molecule has 0 saturated carbocycles. The van der Waals surface area contributed by atoms with Gasteiger partial charge in [0.25, 0.3) is 0 Å². The molecule has 3 aliphatic rings. The van der Waals surface area contributed by atoms with E-state index in [4.69, 9.17) is 0 Å². The Bertz CT molecular complexity index is 1720. The Hall–Kier alpha value is -2.49. The summed E-state index contributed by atoms with van der Waals surface area (Å²) >= 11 is 0. The number of hydrogen-bond acceptors (Lipinski definition) is 6. The molecule has 0 N–H and O–H groups in total. The summed E-state index contributed by atoms with van der Waals surface area (Å²) in [5.74, 6) is -0.145. The number of aryl methyl sites for hydroxylation is 3. The van der Waals surface area contributed by atoms with E-state index in [1.807, 2.05) is 18.2 Å². The Morgan fingerprint density at radius 3 is 2.14 bits per heavy atom. The summed E-state index contributed by atoms with van der Waals surface area (Å²) in [6.07, 6.45) is 2.67. The molecule has 9 heteroatoms. The number of rotatable bonds is 2. The molecule has 2 unspecified atom stereocenters. The standard InChI is InChI=1S/C27H26O6S3/c28-34(29)14-13-19-5-7-22(16-27(19)34)26-12-10-21-15-20(9-11-25(21)36(26,32)33)23-8-6-18-3-1-2-4-24(18)35(30,31)17-23/h1-5,7,9,11,15-16,23,26H,6,8,10,12-14,17H2. The lowest BCUT2D eigenvalue weighted by Gasteiger charge is -2.27. The minimum Gasteiger partial charge on any atom is -0.224 e. The van der Waals surface area contributed by atoms with Crippen LogP contribution in [0.25, 0.3) is 0 Å². The molecule has 3 aromatic carbocycles. The van der Waals surface area contributed by atoms with Gasteiger partial charge in [0.05, 0.1) is 31.4 Å². The molecular weight excluding hydrogens is 516 g/mol. The van der Waals surface area contributed by atoms with E-state index in [1.165, 1.54) is 0 Å². The largest absolute Gasteiger partial charge is 0.224 e. The molecule has 0 aliphatic carbocycles. The first-order chi connectivity index (χ1) is 17.1. The van der Waals surface area contributed by atoms with Gasteiger partial charge in [0, 0.05) is 0 Å². The molecule has 36 heavy (non-hydrogen) atoms. The molecule has 0 radical (unpaired) electrons. The van der Waals surface area contributed by atoms with Gasteiger partial charge in [-0.1, -0.05) is 42.5 Å². The third-order valence-electron chi connectivity index (χ3n) is 7.84. The van der Waals surface area contributed by atoms with E-state index < -0.39 is 34.8 Å². The molecule has 2 atom stereocenters. The molecule has 0 aromatic heterocycles. The summed E-state index contributed by atoms with van der Waals surface area (Å²) in [6.45, 7) is 0. The SMILES string of the molecule is O=S1(=O)CCc2ccc(C3CCc4cc(C5CCc6ccccc6S(=O)(=O)C5)ccc4S3(=O)=O)cc21. The van der Waals surface area contributed by atoms with Crippen LogP contribution in [-0.2, 0) is 48.8 Å². The van der Waals surface area contributed by atoms with Crippen LogP contribution in [0.4, 0.5) is 0 Å². The van der Waals surface area contributed by atoms with Gasteiger partial charge in [-0.25, -0.2) is 25.3 Å². The second-order valence-corrected chi connectivity index (χ2v) is 16.2. The fourth-order valence-electron chi connectivity index (χ4n) is 5.93. The fourth-order valence-corrected chi connectivity index (χ4v) is 11.5. The highest BCUT2D eigenvalue weighted by Gasteiger charge is 2.37. The molecule has 6 rings (SSSR count). The summed E-state index contributed by atoms with van der Waals surface area (Å²) in [4.78, 5) is 0.907. The molecule has 3 aromatic rings. The van der Waals surface area contributed by atoms with Gasteiger partial charge >= 0.3 is 0 Å². The zero-order chi connectivity index (χ0) is 25.3. The third-order valence-corrected chi connectivity index (χ3v) is 13.8. The van der Waals surface area contributed by atoms with Crippen molar-refractivity contribution < 1.29 is 25.3 Å². The van der Waals surface area contributed by atoms with Crippen molar-refractivity contribution in [1.82, 2.24) is 0 Å². The third kappa shape index (κ3) is 3.83. The Kier molecular flexibility index (Phi) is 5.48. The minimum atomic E-state index is -3.72. The van der Waals surface area contributed by atoms with E-state index >= 15 is 0 Å². The monoisotopic (exact) mass is 542 g/mol. The van der Waals surface area contributed by atoms with E-state index in [9.17, 15) is 25.3 Å². The minimum absolute atomic E-state index is 0.00176. The zero-order valence-corrected chi connectivity index (χ0v) is 22.0. The predicted molar refractivity (Wildman–Crippen MR) is 136 cm³/mol. The van der Waals surface area contributed by atoms with Crippen molar-refractivity contribution in [2.45, 2.75) is 58.0 Å². The van der Waals surface area contributed by atoms with Crippen LogP contribution in [0.1, 0.15) is 51.8 Å². The van der Waals surface area contributed by atoms with Gasteiger partial charge in [-0.2, -0.15) is 0 Å². The van der Waals surface area contributed by atoms with Gasteiger partial charge in [-0.05, 0) is 84.0 Å². The summed E-state index contributed by atoms with van der Waals surface area (Å²) < 4.78 is 78.1. The second kappa shape index (κ2) is 8.26. The summed E-state index contributed by atoms with van der Waals surface area (Å²) in [7, 11) is -10.5. The van der Waals surface area contributed by atoms with Crippen LogP contribution in [0.3, 0.4) is 0 Å². The van der Waals surface area contributed by atoms with Gasteiger partial charge < -0.3 is 0 Å². The molecule has 6 nitrogen and oxygen atoms in total. The first kappa shape index (κ1) is 23.9. The average Bonchev–Trinajstić information content (AvgIpc) is 3.07. The molecule has 188 valence electrons. The van der Waals surface area contributed by atoms with Gasteiger partial charge in [-0.15, -0.1) is 0 Å². The van der Waals surface area contributed by atoms with Crippen molar-refractivity contribution in [3.63, 3.8) is 0 Å². The average molecular weight is 543 g/mol. The van der Waals surface area contributed by atoms with Gasteiger partial charge in [-0.3, -0.25) is 0 Å². The lowest BCUT2D eigenvalue weighted by Crippen LogP contribution is -2.22. The van der Waals surface area contributed by atoms with Crippen LogP contribution in [0.2, 0.25) is 0 Å². The Balaban J connectivity index is 1.33. The van der Waals surface area contributed by atoms with E-state index in [0.717, 1.165) is 16.7 Å². The fraction of sp³-hybridized carbons (Fsp3) is 0.333. The Morgan fingerprint density at radius 1 is 0.583 bits per heavy atom. The Morgan fingerprint density at radius 2 is 1.31 bits per heavy atom. The summed E-state index contributed by atoms with van der Waals surface area (Å²) in [5.41, 5.74) is 3.65. The highest BCUT2D eigenvalue weighted by atomic mass is 32.2. The van der Waals surface area contributed by atoms with Crippen molar-refractivity contribution in [2.24, 2.45) is 0 Å². The summed E-state index contributed by atoms with van der Waals surface area (Å²) in [6, 6.07) is 17.4. The van der Waals surface area contributed by atoms with Crippen molar-refractivity contribution in [1.29, 1.82) is 0 Å². The maximum atomic E-state index is 13.6. The molecule has 3 heterocycles. The van der Waals surface area contributed by atoms with Gasteiger partial charge in [0.1, 0.15) is 0 Å². The number of sulfone groups is 3. The number of hydrogen-bond donors (Lipinski definition) is 0. The topological polar surface area (TPSA) is 102 Å². The van der Waals surface area contributed by atoms with E-state index in [0.29, 0.717) is 48.1 Å². The zero-order valence-electron chi connectivity index (χ0n) is 19.6. The highest BCUT2D eigenvalue weighted by molar-refractivity contribution is 7.92. The van der Waals surface area contributed by atoms with Crippen molar-refractivity contribution in [2.75, 3.05) is 11.5 Å². The van der Waals surface area contributed by atoms with Crippen molar-refractivity contribution in [3.8, 4) is 0 Å². The molecule has 0 bridgehead atoms. The van der Waals surface area contributed by atoms with Crippen molar-refractivity contribution >= 4 is 29.5 Å². The maximum Gasteiger partial charge on any atom is 0.185 e. The van der Waals surface area contributed by atoms with E-state index in [1.54, 1.807) is 42.5 Å². The number of fused-ring (bicyclic) bond motifs is 3. The molecule has 0 spiro atoms. The maximum absolute atomic E-state index is 13.6.